The summed E-state index contributed by atoms with van der Waals surface area (Å²) in [5.74, 6) is -3.16. The number of allylic oxidation sites excluding steroid dienone is 1. The van der Waals surface area contributed by atoms with Gasteiger partial charge in [-0.3, -0.25) is 9.59 Å². The summed E-state index contributed by atoms with van der Waals surface area (Å²) in [4.78, 5) is 34.7. The maximum absolute atomic E-state index is 11.6. The smallest absolute Gasteiger partial charge is 0.333 e. The van der Waals surface area contributed by atoms with Crippen molar-refractivity contribution < 1.29 is 28.6 Å². The Morgan fingerprint density at radius 2 is 1.42 bits per heavy atom. The van der Waals surface area contributed by atoms with Crippen molar-refractivity contribution in [1.29, 1.82) is 0 Å². The molecule has 0 aliphatic carbocycles. The average molecular weight is 272 g/mol. The second-order valence-corrected chi connectivity index (χ2v) is 4.23. The molecule has 0 aromatic carbocycles. The fourth-order valence-corrected chi connectivity index (χ4v) is 1.52. The van der Waals surface area contributed by atoms with Crippen molar-refractivity contribution in [2.45, 2.75) is 20.3 Å². The third kappa shape index (κ3) is 5.54. The Morgan fingerprint density at radius 1 is 0.947 bits per heavy atom. The predicted octanol–water partition coefficient (Wildman–Crippen LogP) is 1.09. The van der Waals surface area contributed by atoms with Crippen LogP contribution in [0.4, 0.5) is 0 Å². The summed E-state index contributed by atoms with van der Waals surface area (Å²) in [6.07, 6.45) is 1.54. The number of hydrogen-bond acceptors (Lipinski definition) is 6. The van der Waals surface area contributed by atoms with Gasteiger partial charge in [-0.05, 0) is 5.92 Å². The maximum atomic E-state index is 11.6. The molecule has 0 saturated heterocycles. The van der Waals surface area contributed by atoms with Crippen molar-refractivity contribution in [3.8, 4) is 0 Å². The van der Waals surface area contributed by atoms with Crippen LogP contribution in [-0.2, 0) is 28.6 Å². The molecular formula is C13H20O6. The normalized spacial score (nSPS) is 11.4. The van der Waals surface area contributed by atoms with Gasteiger partial charge in [0.1, 0.15) is 0 Å². The van der Waals surface area contributed by atoms with Crippen LogP contribution < -0.4 is 0 Å². The highest BCUT2D eigenvalue weighted by Gasteiger charge is 2.31. The molecule has 0 amide bonds. The molecule has 0 aliphatic rings. The average Bonchev–Trinajstić information content (AvgIpc) is 2.40. The van der Waals surface area contributed by atoms with Gasteiger partial charge < -0.3 is 14.2 Å². The first kappa shape index (κ1) is 17.2. The Hall–Kier alpha value is -1.85. The number of rotatable bonds is 6. The lowest BCUT2D eigenvalue weighted by molar-refractivity contribution is -0.158. The first-order valence-corrected chi connectivity index (χ1v) is 5.82. The van der Waals surface area contributed by atoms with Gasteiger partial charge in [0.15, 0.2) is 5.92 Å². The van der Waals surface area contributed by atoms with E-state index in [0.717, 1.165) is 0 Å². The Morgan fingerprint density at radius 3 is 1.74 bits per heavy atom. The van der Waals surface area contributed by atoms with E-state index in [1.165, 1.54) is 21.3 Å². The van der Waals surface area contributed by atoms with Gasteiger partial charge in [-0.15, -0.1) is 0 Å². The van der Waals surface area contributed by atoms with Crippen molar-refractivity contribution in [1.82, 2.24) is 0 Å². The van der Waals surface area contributed by atoms with Crippen molar-refractivity contribution in [3.05, 3.63) is 11.6 Å². The minimum absolute atomic E-state index is 0.0741. The zero-order chi connectivity index (χ0) is 15.0. The van der Waals surface area contributed by atoms with E-state index >= 15 is 0 Å². The highest BCUT2D eigenvalue weighted by Crippen LogP contribution is 2.18. The number of carbonyl (C=O) groups excluding carboxylic acids is 3. The maximum Gasteiger partial charge on any atom is 0.333 e. The summed E-state index contributed by atoms with van der Waals surface area (Å²) >= 11 is 0. The molecule has 0 spiro atoms. The van der Waals surface area contributed by atoms with Crippen LogP contribution in [0.5, 0.6) is 0 Å². The Balaban J connectivity index is 5.20. The summed E-state index contributed by atoms with van der Waals surface area (Å²) < 4.78 is 13.7. The van der Waals surface area contributed by atoms with Gasteiger partial charge in [-0.2, -0.15) is 0 Å². The number of hydrogen-bond donors (Lipinski definition) is 0. The summed E-state index contributed by atoms with van der Waals surface area (Å²) in [6.45, 7) is 3.74. The van der Waals surface area contributed by atoms with Crippen LogP contribution in [0.25, 0.3) is 0 Å². The standard InChI is InChI=1S/C13H20O6/c1-8(2)6-9(11(14)17-3)7-10(12(15)18-4)13(16)19-5/h6,8,10H,7H2,1-5H3/b9-6+. The van der Waals surface area contributed by atoms with E-state index in [9.17, 15) is 14.4 Å². The highest BCUT2D eigenvalue weighted by atomic mass is 16.5. The molecule has 0 aromatic rings. The zero-order valence-corrected chi connectivity index (χ0v) is 11.9. The van der Waals surface area contributed by atoms with Gasteiger partial charge in [-0.25, -0.2) is 4.79 Å². The number of ether oxygens (including phenoxy) is 3. The third-order valence-electron chi connectivity index (χ3n) is 2.38. The van der Waals surface area contributed by atoms with Crippen LogP contribution in [-0.4, -0.2) is 39.2 Å². The van der Waals surface area contributed by atoms with Crippen LogP contribution in [0.15, 0.2) is 11.6 Å². The van der Waals surface area contributed by atoms with Crippen molar-refractivity contribution in [2.75, 3.05) is 21.3 Å². The molecule has 0 atom stereocenters. The molecule has 6 nitrogen and oxygen atoms in total. The Labute approximate surface area is 112 Å². The monoisotopic (exact) mass is 272 g/mol. The van der Waals surface area contributed by atoms with Crippen molar-refractivity contribution in [2.24, 2.45) is 11.8 Å². The molecule has 0 N–H and O–H groups in total. The van der Waals surface area contributed by atoms with E-state index in [2.05, 4.69) is 14.2 Å². The van der Waals surface area contributed by atoms with Crippen LogP contribution >= 0.6 is 0 Å². The van der Waals surface area contributed by atoms with Gasteiger partial charge in [0.25, 0.3) is 0 Å². The molecule has 0 rings (SSSR count). The van der Waals surface area contributed by atoms with Crippen LogP contribution in [0, 0.1) is 11.8 Å². The lowest BCUT2D eigenvalue weighted by atomic mass is 9.97. The van der Waals surface area contributed by atoms with Gasteiger partial charge in [0.05, 0.1) is 21.3 Å². The fourth-order valence-electron chi connectivity index (χ4n) is 1.52. The van der Waals surface area contributed by atoms with E-state index in [-0.39, 0.29) is 17.9 Å². The second-order valence-electron chi connectivity index (χ2n) is 4.23. The molecule has 0 heterocycles. The minimum atomic E-state index is -1.17. The highest BCUT2D eigenvalue weighted by molar-refractivity contribution is 5.97. The first-order chi connectivity index (χ1) is 8.87. The minimum Gasteiger partial charge on any atom is -0.468 e. The summed E-state index contributed by atoms with van der Waals surface area (Å²) in [5.41, 5.74) is 0.248. The SMILES string of the molecule is COC(=O)/C(=C/C(C)C)CC(C(=O)OC)C(=O)OC. The lowest BCUT2D eigenvalue weighted by Gasteiger charge is -2.14. The van der Waals surface area contributed by atoms with Crippen LogP contribution in [0.1, 0.15) is 20.3 Å². The molecule has 0 fully saturated rings. The Kier molecular flexibility index (Phi) is 7.48. The van der Waals surface area contributed by atoms with E-state index in [0.29, 0.717) is 0 Å². The summed E-state index contributed by atoms with van der Waals surface area (Å²) in [7, 11) is 3.58. The van der Waals surface area contributed by atoms with Crippen molar-refractivity contribution in [3.63, 3.8) is 0 Å². The number of methoxy groups -OCH3 is 3. The lowest BCUT2D eigenvalue weighted by Crippen LogP contribution is -2.28. The van der Waals surface area contributed by atoms with E-state index in [1.807, 2.05) is 13.8 Å². The predicted molar refractivity (Wildman–Crippen MR) is 67.1 cm³/mol. The Bertz CT molecular complexity index is 353. The topological polar surface area (TPSA) is 78.9 Å². The second kappa shape index (κ2) is 8.29. The van der Waals surface area contributed by atoms with E-state index in [1.54, 1.807) is 6.08 Å². The quantitative estimate of drug-likeness (QED) is 0.312. The molecule has 0 saturated carbocycles. The van der Waals surface area contributed by atoms with Gasteiger partial charge in [0.2, 0.25) is 0 Å². The van der Waals surface area contributed by atoms with E-state index < -0.39 is 23.8 Å². The summed E-state index contributed by atoms with van der Waals surface area (Å²) in [5, 5.41) is 0. The fraction of sp³-hybridized carbons (Fsp3) is 0.615. The largest absolute Gasteiger partial charge is 0.468 e. The number of carbonyl (C=O) groups is 3. The molecule has 0 radical (unpaired) electrons. The molecule has 0 bridgehead atoms. The van der Waals surface area contributed by atoms with Gasteiger partial charge in [-0.1, -0.05) is 19.9 Å². The van der Waals surface area contributed by atoms with E-state index in [4.69, 9.17) is 0 Å². The summed E-state index contributed by atoms with van der Waals surface area (Å²) in [6, 6.07) is 0. The molecule has 19 heavy (non-hydrogen) atoms. The molecule has 0 aliphatic heterocycles. The van der Waals surface area contributed by atoms with Crippen molar-refractivity contribution >= 4 is 17.9 Å². The zero-order valence-electron chi connectivity index (χ0n) is 11.9. The van der Waals surface area contributed by atoms with Crippen LogP contribution in [0.2, 0.25) is 0 Å². The molecule has 6 heteroatoms. The van der Waals surface area contributed by atoms with Crippen LogP contribution in [0.3, 0.4) is 0 Å². The van der Waals surface area contributed by atoms with Gasteiger partial charge in [0, 0.05) is 12.0 Å². The molecule has 0 unspecified atom stereocenters. The number of esters is 3. The molecule has 108 valence electrons. The third-order valence-corrected chi connectivity index (χ3v) is 2.38. The molecule has 0 aromatic heterocycles. The van der Waals surface area contributed by atoms with Gasteiger partial charge >= 0.3 is 17.9 Å². The first-order valence-electron chi connectivity index (χ1n) is 5.82. The molecular weight excluding hydrogens is 252 g/mol.